The third-order valence-electron chi connectivity index (χ3n) is 4.87. The Morgan fingerprint density at radius 3 is 2.39 bits per heavy atom. The van der Waals surface area contributed by atoms with Crippen LogP contribution in [0, 0.1) is 5.92 Å². The Bertz CT molecular complexity index is 837. The van der Waals surface area contributed by atoms with Crippen molar-refractivity contribution >= 4 is 23.5 Å². The van der Waals surface area contributed by atoms with Crippen molar-refractivity contribution in [1.29, 1.82) is 0 Å². The number of carbonyl (C=O) groups is 2. The maximum Gasteiger partial charge on any atom is 0.312 e. The molecule has 0 bridgehead atoms. The zero-order chi connectivity index (χ0) is 20.1. The minimum absolute atomic E-state index is 0.0477. The van der Waals surface area contributed by atoms with Crippen LogP contribution >= 0.6 is 11.6 Å². The van der Waals surface area contributed by atoms with Crippen LogP contribution in [-0.2, 0) is 4.79 Å². The van der Waals surface area contributed by atoms with Crippen molar-refractivity contribution in [1.82, 2.24) is 10.6 Å². The van der Waals surface area contributed by atoms with Gasteiger partial charge in [0.2, 0.25) is 5.91 Å². The number of hydrogen-bond acceptors (Lipinski definition) is 3. The highest BCUT2D eigenvalue weighted by molar-refractivity contribution is 6.31. The number of benzene rings is 2. The van der Waals surface area contributed by atoms with E-state index in [1.165, 1.54) is 0 Å². The number of amides is 3. The number of nitrogens with two attached hydrogens (primary N) is 1. The van der Waals surface area contributed by atoms with Gasteiger partial charge in [-0.1, -0.05) is 41.9 Å². The molecule has 3 rings (SSSR count). The maximum absolute atomic E-state index is 12.8. The van der Waals surface area contributed by atoms with E-state index in [4.69, 9.17) is 22.1 Å². The predicted molar refractivity (Wildman–Crippen MR) is 108 cm³/mol. The molecule has 148 valence electrons. The second kappa shape index (κ2) is 8.97. The van der Waals surface area contributed by atoms with E-state index in [1.54, 1.807) is 31.4 Å². The van der Waals surface area contributed by atoms with Crippen LogP contribution in [0.2, 0.25) is 5.02 Å². The number of primary amides is 1. The van der Waals surface area contributed by atoms with Gasteiger partial charge in [-0.25, -0.2) is 4.79 Å². The Labute approximate surface area is 169 Å². The lowest BCUT2D eigenvalue weighted by atomic mass is 10.00. The first-order valence-electron chi connectivity index (χ1n) is 9.21. The van der Waals surface area contributed by atoms with E-state index in [-0.39, 0.29) is 18.4 Å². The van der Waals surface area contributed by atoms with E-state index in [0.29, 0.717) is 16.5 Å². The Morgan fingerprint density at radius 2 is 1.82 bits per heavy atom. The maximum atomic E-state index is 12.8. The van der Waals surface area contributed by atoms with Crippen LogP contribution in [-0.4, -0.2) is 19.0 Å². The molecule has 0 aromatic heterocycles. The number of methoxy groups -OCH3 is 1. The summed E-state index contributed by atoms with van der Waals surface area (Å²) in [6, 6.07) is 13.4. The first-order valence-corrected chi connectivity index (χ1v) is 9.59. The molecular formula is C21H24ClN3O3. The van der Waals surface area contributed by atoms with Crippen molar-refractivity contribution in [3.63, 3.8) is 0 Å². The monoisotopic (exact) mass is 401 g/mol. The minimum atomic E-state index is -0.702. The summed E-state index contributed by atoms with van der Waals surface area (Å²) in [5.74, 6) is 1.01. The standard InChI is InChI=1S/C21H24ClN3O3/c1-28-15-10-8-14(9-11-15)20(13-6-7-13)25-19(26)12-18(24-21(23)27)16-4-2-3-5-17(16)22/h2-5,8-11,13,18,20H,6-7,12H2,1H3,(H,25,26)(H3,23,24,27)/t18-,20-/m1/s1. The molecule has 0 heterocycles. The molecule has 2 aromatic rings. The Balaban J connectivity index is 1.73. The summed E-state index contributed by atoms with van der Waals surface area (Å²) < 4.78 is 5.20. The van der Waals surface area contributed by atoms with Crippen molar-refractivity contribution in [2.24, 2.45) is 11.7 Å². The number of urea groups is 1. The van der Waals surface area contributed by atoms with Crippen LogP contribution in [0.3, 0.4) is 0 Å². The van der Waals surface area contributed by atoms with E-state index < -0.39 is 12.1 Å². The third kappa shape index (κ3) is 5.16. The third-order valence-corrected chi connectivity index (χ3v) is 5.22. The molecule has 3 amide bonds. The van der Waals surface area contributed by atoms with E-state index in [1.807, 2.05) is 24.3 Å². The summed E-state index contributed by atoms with van der Waals surface area (Å²) in [5, 5.41) is 6.20. The summed E-state index contributed by atoms with van der Waals surface area (Å²) in [6.45, 7) is 0. The van der Waals surface area contributed by atoms with E-state index in [2.05, 4.69) is 10.6 Å². The molecule has 7 heteroatoms. The fourth-order valence-electron chi connectivity index (χ4n) is 3.30. The number of carbonyl (C=O) groups excluding carboxylic acids is 2. The average molecular weight is 402 g/mol. The molecule has 2 aromatic carbocycles. The molecule has 6 nitrogen and oxygen atoms in total. The zero-order valence-electron chi connectivity index (χ0n) is 15.7. The summed E-state index contributed by atoms with van der Waals surface area (Å²) in [7, 11) is 1.62. The molecule has 1 aliphatic carbocycles. The molecule has 4 N–H and O–H groups in total. The van der Waals surface area contributed by atoms with E-state index in [0.717, 1.165) is 24.2 Å². The highest BCUT2D eigenvalue weighted by Crippen LogP contribution is 2.41. The minimum Gasteiger partial charge on any atom is -0.497 e. The van der Waals surface area contributed by atoms with Crippen LogP contribution in [0.15, 0.2) is 48.5 Å². The fraction of sp³-hybridized carbons (Fsp3) is 0.333. The van der Waals surface area contributed by atoms with E-state index in [9.17, 15) is 9.59 Å². The van der Waals surface area contributed by atoms with Gasteiger partial charge in [-0.3, -0.25) is 4.79 Å². The normalized spacial score (nSPS) is 15.4. The first kappa shape index (κ1) is 20.0. The van der Waals surface area contributed by atoms with Gasteiger partial charge in [0.25, 0.3) is 0 Å². The van der Waals surface area contributed by atoms with Gasteiger partial charge < -0.3 is 21.1 Å². The zero-order valence-corrected chi connectivity index (χ0v) is 16.4. The predicted octanol–water partition coefficient (Wildman–Crippen LogP) is 3.72. The molecule has 0 saturated heterocycles. The van der Waals surface area contributed by atoms with Crippen LogP contribution < -0.4 is 21.1 Å². The first-order chi connectivity index (χ1) is 13.5. The summed E-state index contributed by atoms with van der Waals surface area (Å²) >= 11 is 6.24. The lowest BCUT2D eigenvalue weighted by molar-refractivity contribution is -0.122. The largest absolute Gasteiger partial charge is 0.497 e. The molecule has 1 fully saturated rings. The second-order valence-electron chi connectivity index (χ2n) is 6.94. The topological polar surface area (TPSA) is 93.4 Å². The van der Waals surface area contributed by atoms with Crippen LogP contribution in [0.4, 0.5) is 4.79 Å². The summed E-state index contributed by atoms with van der Waals surface area (Å²) in [6.07, 6.45) is 2.20. The van der Waals surface area contributed by atoms with Crippen molar-refractivity contribution in [2.75, 3.05) is 7.11 Å². The molecule has 2 atom stereocenters. The average Bonchev–Trinajstić information content (AvgIpc) is 3.51. The number of ether oxygens (including phenoxy) is 1. The van der Waals surface area contributed by atoms with E-state index >= 15 is 0 Å². The molecule has 1 aliphatic rings. The molecule has 0 radical (unpaired) electrons. The lowest BCUT2D eigenvalue weighted by Gasteiger charge is -2.23. The summed E-state index contributed by atoms with van der Waals surface area (Å²) in [5.41, 5.74) is 6.99. The van der Waals surface area contributed by atoms with Gasteiger partial charge in [-0.2, -0.15) is 0 Å². The quantitative estimate of drug-likeness (QED) is 0.629. The van der Waals surface area contributed by atoms with Crippen LogP contribution in [0.5, 0.6) is 5.75 Å². The van der Waals surface area contributed by atoms with Gasteiger partial charge in [-0.15, -0.1) is 0 Å². The Morgan fingerprint density at radius 1 is 1.14 bits per heavy atom. The SMILES string of the molecule is COc1ccc([C@H](NC(=O)C[C@@H](NC(N)=O)c2ccccc2Cl)C2CC2)cc1. The van der Waals surface area contributed by atoms with Crippen molar-refractivity contribution in [2.45, 2.75) is 31.3 Å². The van der Waals surface area contributed by atoms with Gasteiger partial charge in [0.1, 0.15) is 5.75 Å². The molecule has 28 heavy (non-hydrogen) atoms. The molecular weight excluding hydrogens is 378 g/mol. The number of hydrogen-bond donors (Lipinski definition) is 3. The molecule has 1 saturated carbocycles. The number of halogens is 1. The molecule has 0 aliphatic heterocycles. The lowest BCUT2D eigenvalue weighted by Crippen LogP contribution is -2.38. The van der Waals surface area contributed by atoms with Crippen molar-refractivity contribution < 1.29 is 14.3 Å². The Hall–Kier alpha value is -2.73. The van der Waals surface area contributed by atoms with Crippen molar-refractivity contribution in [3.8, 4) is 5.75 Å². The van der Waals surface area contributed by atoms with Crippen molar-refractivity contribution in [3.05, 3.63) is 64.7 Å². The van der Waals surface area contributed by atoms with Crippen LogP contribution in [0.25, 0.3) is 0 Å². The Kier molecular flexibility index (Phi) is 6.41. The number of nitrogens with one attached hydrogen (secondary N) is 2. The smallest absolute Gasteiger partial charge is 0.312 e. The number of rotatable bonds is 8. The van der Waals surface area contributed by atoms with Gasteiger partial charge in [0, 0.05) is 5.02 Å². The van der Waals surface area contributed by atoms with Gasteiger partial charge in [0.15, 0.2) is 0 Å². The highest BCUT2D eigenvalue weighted by Gasteiger charge is 2.34. The van der Waals surface area contributed by atoms with Gasteiger partial charge >= 0.3 is 6.03 Å². The van der Waals surface area contributed by atoms with Crippen LogP contribution in [0.1, 0.15) is 42.5 Å². The molecule has 0 spiro atoms. The molecule has 0 unspecified atom stereocenters. The second-order valence-corrected chi connectivity index (χ2v) is 7.35. The highest BCUT2D eigenvalue weighted by atomic mass is 35.5. The fourth-order valence-corrected chi connectivity index (χ4v) is 3.57. The van der Waals surface area contributed by atoms with Gasteiger partial charge in [-0.05, 0) is 48.1 Å². The van der Waals surface area contributed by atoms with Gasteiger partial charge in [0.05, 0.1) is 25.6 Å². The summed E-state index contributed by atoms with van der Waals surface area (Å²) in [4.78, 5) is 24.2.